The molecule has 0 heterocycles. The second-order valence-electron chi connectivity index (χ2n) is 2.23. The fraction of sp³-hybridized carbons (Fsp3) is 0.125. The predicted octanol–water partition coefficient (Wildman–Crippen LogP) is -0.563. The number of hydrogen-bond donors (Lipinski definition) is 1. The van der Waals surface area contributed by atoms with E-state index in [-0.39, 0.29) is 11.3 Å². The summed E-state index contributed by atoms with van der Waals surface area (Å²) in [6.45, 7) is 0. The number of hydrogen-bond acceptors (Lipinski definition) is 3. The zero-order chi connectivity index (χ0) is 9.14. The van der Waals surface area contributed by atoms with E-state index in [0.29, 0.717) is 0 Å². The fourth-order valence-corrected chi connectivity index (χ4v) is 1.40. The normalized spacial score (nSPS) is 9.50. The van der Waals surface area contributed by atoms with Crippen LogP contribution in [0.15, 0.2) is 18.2 Å². The Morgan fingerprint density at radius 3 is 2.83 bits per heavy atom. The Morgan fingerprint density at radius 1 is 1.58 bits per heavy atom. The summed E-state index contributed by atoms with van der Waals surface area (Å²) in [6.07, 6.45) is 0. The van der Waals surface area contributed by atoms with E-state index in [1.165, 1.54) is 30.0 Å². The van der Waals surface area contributed by atoms with Crippen molar-refractivity contribution < 1.29 is 14.6 Å². The van der Waals surface area contributed by atoms with Gasteiger partial charge in [0.2, 0.25) is 0 Å². The van der Waals surface area contributed by atoms with Crippen LogP contribution in [0.1, 0.15) is 10.4 Å². The molecule has 0 saturated heterocycles. The van der Waals surface area contributed by atoms with Gasteiger partial charge in [-0.1, -0.05) is 0 Å². The summed E-state index contributed by atoms with van der Waals surface area (Å²) in [4.78, 5) is 11.0. The monoisotopic (exact) mass is 228 g/mol. The van der Waals surface area contributed by atoms with Gasteiger partial charge in [-0.15, -0.1) is 0 Å². The number of benzene rings is 1. The van der Waals surface area contributed by atoms with Gasteiger partial charge >= 0.3 is 78.4 Å². The van der Waals surface area contributed by atoms with E-state index in [1.54, 1.807) is 12.1 Å². The van der Waals surface area contributed by atoms with Gasteiger partial charge in [0.05, 0.1) is 0 Å². The Balaban J connectivity index is 3.16. The standard InChI is InChI=1S/C8H9AsO3/c1-12-8(11)5-3-2-4-6(9)7(5)10/h2-4,10H,9H2,1H3. The van der Waals surface area contributed by atoms with E-state index in [2.05, 4.69) is 4.74 Å². The van der Waals surface area contributed by atoms with Gasteiger partial charge in [-0.25, -0.2) is 0 Å². The van der Waals surface area contributed by atoms with Crippen LogP contribution in [0.25, 0.3) is 0 Å². The molecule has 3 nitrogen and oxygen atoms in total. The molecule has 0 spiro atoms. The zero-order valence-electron chi connectivity index (χ0n) is 6.57. The Labute approximate surface area is 78.9 Å². The number of methoxy groups -OCH3 is 1. The van der Waals surface area contributed by atoms with Gasteiger partial charge < -0.3 is 0 Å². The van der Waals surface area contributed by atoms with Crippen LogP contribution in [0.3, 0.4) is 0 Å². The summed E-state index contributed by atoms with van der Waals surface area (Å²) < 4.78 is 5.21. The van der Waals surface area contributed by atoms with Crippen molar-refractivity contribution in [2.75, 3.05) is 7.11 Å². The fourth-order valence-electron chi connectivity index (χ4n) is 0.836. The molecule has 1 unspecified atom stereocenters. The molecule has 1 aromatic carbocycles. The summed E-state index contributed by atoms with van der Waals surface area (Å²) in [5, 5.41) is 9.41. The quantitative estimate of drug-likeness (QED) is 0.517. The summed E-state index contributed by atoms with van der Waals surface area (Å²) in [6, 6.07) is 5.00. The molecular weight excluding hydrogens is 219 g/mol. The summed E-state index contributed by atoms with van der Waals surface area (Å²) in [5.74, 6) is -0.489. The molecule has 0 aliphatic rings. The molecule has 0 aliphatic heterocycles. The van der Waals surface area contributed by atoms with Gasteiger partial charge in [0, 0.05) is 0 Å². The van der Waals surface area contributed by atoms with Crippen molar-refractivity contribution in [3.63, 3.8) is 0 Å². The van der Waals surface area contributed by atoms with Crippen molar-refractivity contribution in [1.82, 2.24) is 0 Å². The van der Waals surface area contributed by atoms with Crippen molar-refractivity contribution in [3.8, 4) is 5.75 Å². The molecule has 0 fully saturated rings. The Bertz CT molecular complexity index is 309. The van der Waals surface area contributed by atoms with Crippen LogP contribution in [0.2, 0.25) is 0 Å². The van der Waals surface area contributed by atoms with Crippen molar-refractivity contribution in [2.24, 2.45) is 0 Å². The van der Waals surface area contributed by atoms with Gasteiger partial charge in [0.25, 0.3) is 0 Å². The number of ether oxygens (including phenoxy) is 1. The maximum absolute atomic E-state index is 11.0. The van der Waals surface area contributed by atoms with Gasteiger partial charge in [-0.05, 0) is 0 Å². The van der Waals surface area contributed by atoms with Gasteiger partial charge in [-0.2, -0.15) is 0 Å². The summed E-state index contributed by atoms with van der Waals surface area (Å²) >= 11 is 1.27. The minimum atomic E-state index is -0.507. The molecule has 1 aromatic rings. The molecule has 0 amide bonds. The molecule has 1 rings (SSSR count). The summed E-state index contributed by atoms with van der Waals surface area (Å²) in [7, 11) is 1.29. The molecule has 0 saturated carbocycles. The number of esters is 1. The molecule has 0 radical (unpaired) electrons. The van der Waals surface area contributed by atoms with Crippen molar-refractivity contribution in [1.29, 1.82) is 0 Å². The first kappa shape index (κ1) is 9.14. The molecule has 1 atom stereocenters. The number of carbonyl (C=O) groups is 1. The molecular formula is C8H9AsO3. The van der Waals surface area contributed by atoms with Crippen LogP contribution in [-0.2, 0) is 4.74 Å². The van der Waals surface area contributed by atoms with Crippen molar-refractivity contribution >= 4 is 27.2 Å². The zero-order valence-corrected chi connectivity index (χ0v) is 9.00. The van der Waals surface area contributed by atoms with E-state index >= 15 is 0 Å². The third kappa shape index (κ3) is 1.62. The van der Waals surface area contributed by atoms with Crippen LogP contribution < -0.4 is 4.35 Å². The van der Waals surface area contributed by atoms with E-state index in [4.69, 9.17) is 0 Å². The summed E-state index contributed by atoms with van der Waals surface area (Å²) in [5.41, 5.74) is 0.222. The second-order valence-corrected chi connectivity index (χ2v) is 3.54. The third-order valence-corrected chi connectivity index (χ3v) is 2.45. The number of rotatable bonds is 1. The predicted molar refractivity (Wildman–Crippen MR) is 47.6 cm³/mol. The molecule has 0 bridgehead atoms. The van der Waals surface area contributed by atoms with Crippen molar-refractivity contribution in [2.45, 2.75) is 0 Å². The Hall–Kier alpha value is -0.952. The van der Waals surface area contributed by atoms with Crippen LogP contribution in [0, 0.1) is 0 Å². The number of phenols is 1. The molecule has 4 heteroatoms. The van der Waals surface area contributed by atoms with E-state index in [1.807, 2.05) is 0 Å². The molecule has 0 aromatic heterocycles. The molecule has 1 N–H and O–H groups in total. The average Bonchev–Trinajstić information content (AvgIpc) is 2.08. The Morgan fingerprint density at radius 2 is 2.25 bits per heavy atom. The number of para-hydroxylation sites is 1. The first-order valence-corrected chi connectivity index (χ1v) is 4.53. The second kappa shape index (κ2) is 3.63. The van der Waals surface area contributed by atoms with Gasteiger partial charge in [-0.3, -0.25) is 0 Å². The van der Waals surface area contributed by atoms with Crippen LogP contribution >= 0.6 is 0 Å². The maximum atomic E-state index is 11.0. The van der Waals surface area contributed by atoms with Crippen LogP contribution in [0.4, 0.5) is 0 Å². The van der Waals surface area contributed by atoms with Crippen molar-refractivity contribution in [3.05, 3.63) is 23.8 Å². The first-order chi connectivity index (χ1) is 5.66. The number of carbonyl (C=O) groups excluding carboxylic acids is 1. The van der Waals surface area contributed by atoms with Crippen LogP contribution in [0.5, 0.6) is 5.75 Å². The van der Waals surface area contributed by atoms with Gasteiger partial charge in [0.1, 0.15) is 0 Å². The molecule has 0 aliphatic carbocycles. The van der Waals surface area contributed by atoms with Gasteiger partial charge in [0.15, 0.2) is 0 Å². The molecule has 64 valence electrons. The van der Waals surface area contributed by atoms with E-state index < -0.39 is 5.97 Å². The Kier molecular flexibility index (Phi) is 2.77. The number of phenolic OH excluding ortho intramolecular Hbond substituents is 1. The number of aromatic hydroxyl groups is 1. The SMILES string of the molecule is COC(=O)c1cccc([AsH2])c1O. The topological polar surface area (TPSA) is 46.5 Å². The first-order valence-electron chi connectivity index (χ1n) is 3.32. The van der Waals surface area contributed by atoms with E-state index in [0.717, 1.165) is 4.35 Å². The minimum absolute atomic E-state index is 0.0179. The molecule has 12 heavy (non-hydrogen) atoms. The van der Waals surface area contributed by atoms with E-state index in [9.17, 15) is 9.90 Å². The third-order valence-electron chi connectivity index (χ3n) is 1.47. The average molecular weight is 228 g/mol. The van der Waals surface area contributed by atoms with Crippen LogP contribution in [-0.4, -0.2) is 35.0 Å².